The molecule has 0 amide bonds. The van der Waals surface area contributed by atoms with Crippen molar-refractivity contribution in [3.05, 3.63) is 55.3 Å². The van der Waals surface area contributed by atoms with E-state index in [1.165, 1.54) is 5.56 Å². The maximum Gasteiger partial charge on any atom is 6.00 e. The van der Waals surface area contributed by atoms with Gasteiger partial charge in [-0.25, -0.2) is 0 Å². The van der Waals surface area contributed by atoms with Gasteiger partial charge in [-0.1, -0.05) is 24.3 Å². The van der Waals surface area contributed by atoms with Crippen LogP contribution in [0.3, 0.4) is 0 Å². The van der Waals surface area contributed by atoms with E-state index in [2.05, 4.69) is 26.0 Å². The number of rotatable bonds is 4. The normalized spacial score (nSPS) is 16.4. The molecule has 1 aliphatic rings. The molecule has 0 saturated heterocycles. The molecule has 2 N–H and O–H groups in total. The van der Waals surface area contributed by atoms with E-state index < -0.39 is 5.60 Å². The molecule has 0 fully saturated rings. The van der Waals surface area contributed by atoms with E-state index in [4.69, 9.17) is 19.1 Å². The molecular formula is C15H16CrO5+6. The Kier molecular flexibility index (Phi) is 18.1. The average Bonchev–Trinajstić information content (AvgIpc) is 2.53. The molecule has 2 rings (SSSR count). The fourth-order valence-corrected chi connectivity index (χ4v) is 2.18. The standard InChI is InChI=1S/C12H16O2.3CO.Cr/c13-8-4-3-7-12(14)9-10-5-1-2-6-11(10)12;3*1-2;/h1-2,5-6,13-14H,3-4,7-9H2;;;;/q;;;;+6. The van der Waals surface area contributed by atoms with Crippen LogP contribution in [0.25, 0.3) is 0 Å². The summed E-state index contributed by atoms with van der Waals surface area (Å²) in [4.78, 5) is 0. The van der Waals surface area contributed by atoms with Gasteiger partial charge < -0.3 is 10.2 Å². The molecule has 0 aromatic heterocycles. The second-order valence-corrected chi connectivity index (χ2v) is 4.05. The predicted molar refractivity (Wildman–Crippen MR) is 66.8 cm³/mol. The average molecular weight is 328 g/mol. The first kappa shape index (κ1) is 24.9. The van der Waals surface area contributed by atoms with E-state index in [0.29, 0.717) is 0 Å². The summed E-state index contributed by atoms with van der Waals surface area (Å²) >= 11 is 0. The summed E-state index contributed by atoms with van der Waals surface area (Å²) in [7, 11) is 0. The van der Waals surface area contributed by atoms with Crippen LogP contribution in [0.15, 0.2) is 24.3 Å². The number of hydrogen-bond acceptors (Lipinski definition) is 2. The zero-order valence-electron chi connectivity index (χ0n) is 11.4. The quantitative estimate of drug-likeness (QED) is 0.497. The van der Waals surface area contributed by atoms with Crippen LogP contribution in [0, 0.1) is 20.0 Å². The van der Waals surface area contributed by atoms with Crippen molar-refractivity contribution in [2.45, 2.75) is 31.3 Å². The molecule has 0 bridgehead atoms. The minimum absolute atomic E-state index is 0. The molecular weight excluding hydrogens is 312 g/mol. The van der Waals surface area contributed by atoms with Crippen molar-refractivity contribution in [3.8, 4) is 0 Å². The van der Waals surface area contributed by atoms with Crippen molar-refractivity contribution in [2.75, 3.05) is 6.61 Å². The maximum atomic E-state index is 10.2. The summed E-state index contributed by atoms with van der Waals surface area (Å²) in [5.74, 6) is 0. The van der Waals surface area contributed by atoms with Crippen molar-refractivity contribution in [1.82, 2.24) is 0 Å². The second-order valence-electron chi connectivity index (χ2n) is 4.05. The molecule has 106 valence electrons. The van der Waals surface area contributed by atoms with Crippen molar-refractivity contribution in [3.63, 3.8) is 0 Å². The molecule has 6 heteroatoms. The summed E-state index contributed by atoms with van der Waals surface area (Å²) < 4.78 is 22.5. The summed E-state index contributed by atoms with van der Waals surface area (Å²) in [5.41, 5.74) is 1.74. The molecule has 1 aromatic rings. The van der Waals surface area contributed by atoms with E-state index in [1.54, 1.807) is 0 Å². The fourth-order valence-electron chi connectivity index (χ4n) is 2.18. The molecule has 1 atom stereocenters. The van der Waals surface area contributed by atoms with Gasteiger partial charge in [-0.3, -0.25) is 0 Å². The number of aliphatic hydroxyl groups excluding tert-OH is 1. The van der Waals surface area contributed by atoms with Crippen molar-refractivity contribution in [1.29, 1.82) is 0 Å². The fraction of sp³-hybridized carbons (Fsp3) is 0.400. The van der Waals surface area contributed by atoms with Gasteiger partial charge in [0.15, 0.2) is 0 Å². The summed E-state index contributed by atoms with van der Waals surface area (Å²) in [5, 5.41) is 18.9. The molecule has 0 spiro atoms. The topological polar surface area (TPSA) is 100 Å². The zero-order valence-corrected chi connectivity index (χ0v) is 12.6. The molecule has 0 saturated carbocycles. The summed E-state index contributed by atoms with van der Waals surface area (Å²) in [6.07, 6.45) is 3.21. The number of benzene rings is 1. The first-order valence-corrected chi connectivity index (χ1v) is 5.79. The second kappa shape index (κ2) is 15.3. The Hall–Kier alpha value is -1.11. The van der Waals surface area contributed by atoms with Gasteiger partial charge in [-0.05, 0) is 30.4 Å². The van der Waals surface area contributed by atoms with E-state index in [1.807, 2.05) is 18.2 Å². The van der Waals surface area contributed by atoms with Crippen LogP contribution in [0.2, 0.25) is 0 Å². The number of fused-ring (bicyclic) bond motifs is 1. The maximum absolute atomic E-state index is 10.2. The largest absolute Gasteiger partial charge is 6.00 e. The Morgan fingerprint density at radius 3 is 2.00 bits per heavy atom. The van der Waals surface area contributed by atoms with Crippen molar-refractivity contribution >= 4 is 0 Å². The van der Waals surface area contributed by atoms with Gasteiger partial charge in [0.1, 0.15) is 0 Å². The van der Waals surface area contributed by atoms with Gasteiger partial charge in [0.05, 0.1) is 5.60 Å². The first-order chi connectivity index (χ1) is 9.76. The number of aliphatic hydroxyl groups is 2. The van der Waals surface area contributed by atoms with Gasteiger partial charge in [0.2, 0.25) is 0 Å². The van der Waals surface area contributed by atoms with Crippen molar-refractivity contribution < 1.29 is 41.5 Å². The smallest absolute Gasteiger partial charge is 6.00 e. The van der Waals surface area contributed by atoms with Gasteiger partial charge >= 0.3 is 51.3 Å². The molecule has 1 unspecified atom stereocenters. The first-order valence-electron chi connectivity index (χ1n) is 5.79. The summed E-state index contributed by atoms with van der Waals surface area (Å²) in [6.45, 7) is 13.7. The zero-order chi connectivity index (χ0) is 16.0. The Labute approximate surface area is 135 Å². The monoisotopic (exact) mass is 328 g/mol. The molecule has 0 heterocycles. The summed E-state index contributed by atoms with van der Waals surface area (Å²) in [6, 6.07) is 8.04. The molecule has 1 aromatic carbocycles. The molecule has 1 aliphatic carbocycles. The van der Waals surface area contributed by atoms with E-state index in [-0.39, 0.29) is 24.0 Å². The van der Waals surface area contributed by atoms with Crippen LogP contribution in [-0.2, 0) is 43.3 Å². The third-order valence-corrected chi connectivity index (χ3v) is 3.00. The van der Waals surface area contributed by atoms with Crippen LogP contribution < -0.4 is 0 Å². The van der Waals surface area contributed by atoms with Crippen LogP contribution >= 0.6 is 0 Å². The molecule has 0 radical (unpaired) electrons. The minimum atomic E-state index is -0.605. The van der Waals surface area contributed by atoms with Crippen LogP contribution in [0.4, 0.5) is 0 Å². The van der Waals surface area contributed by atoms with Crippen molar-refractivity contribution in [2.24, 2.45) is 0 Å². The number of unbranched alkanes of at least 4 members (excludes halogenated alkanes) is 1. The predicted octanol–water partition coefficient (Wildman–Crippen LogP) is 1.48. The van der Waals surface area contributed by atoms with Crippen LogP contribution in [-0.4, -0.2) is 16.8 Å². The van der Waals surface area contributed by atoms with Gasteiger partial charge in [-0.2, -0.15) is 0 Å². The van der Waals surface area contributed by atoms with E-state index in [9.17, 15) is 5.11 Å². The Bertz CT molecular complexity index is 427. The van der Waals surface area contributed by atoms with E-state index in [0.717, 1.165) is 31.2 Å². The third-order valence-electron chi connectivity index (χ3n) is 3.00. The number of hydrogen-bond donors (Lipinski definition) is 2. The third kappa shape index (κ3) is 7.45. The van der Waals surface area contributed by atoms with Gasteiger partial charge in [0.25, 0.3) is 0 Å². The Morgan fingerprint density at radius 1 is 1.00 bits per heavy atom. The molecule has 0 aliphatic heterocycles. The SMILES string of the molecule is OCCCCC1(O)Cc2ccccc21.[C-]#[O+].[C-]#[O+].[C-]#[O+].[Cr+6]. The molecule has 5 nitrogen and oxygen atoms in total. The van der Waals surface area contributed by atoms with Gasteiger partial charge in [-0.15, -0.1) is 0 Å². The van der Waals surface area contributed by atoms with Gasteiger partial charge in [0, 0.05) is 13.0 Å². The van der Waals surface area contributed by atoms with E-state index >= 15 is 0 Å². The molecule has 21 heavy (non-hydrogen) atoms. The van der Waals surface area contributed by atoms with Crippen LogP contribution in [0.5, 0.6) is 0 Å². The minimum Gasteiger partial charge on any atom is 6.00 e. The Morgan fingerprint density at radius 2 is 1.52 bits per heavy atom. The van der Waals surface area contributed by atoms with Crippen LogP contribution in [0.1, 0.15) is 30.4 Å². The Balaban J connectivity index is -0.000000414.